The van der Waals surface area contributed by atoms with E-state index in [2.05, 4.69) is 10.6 Å². The van der Waals surface area contributed by atoms with Crippen LogP contribution in [-0.4, -0.2) is 25.0 Å². The van der Waals surface area contributed by atoms with E-state index in [-0.39, 0.29) is 0 Å². The molecule has 0 saturated carbocycles. The van der Waals surface area contributed by atoms with E-state index in [1.807, 2.05) is 50.2 Å². The number of anilines is 2. The van der Waals surface area contributed by atoms with E-state index in [4.69, 9.17) is 9.47 Å². The maximum absolute atomic E-state index is 12.3. The molecule has 0 aliphatic carbocycles. The Bertz CT molecular complexity index is 1000. The summed E-state index contributed by atoms with van der Waals surface area (Å²) < 4.78 is 11.0. The number of benzene rings is 3. The highest BCUT2D eigenvalue weighted by atomic mass is 16.5. The summed E-state index contributed by atoms with van der Waals surface area (Å²) in [5.41, 5.74) is 1.01. The molecular formula is C22H22N2O4. The van der Waals surface area contributed by atoms with Crippen LogP contribution in [-0.2, 0) is 9.59 Å². The summed E-state index contributed by atoms with van der Waals surface area (Å²) in [6.07, 6.45) is 0. The van der Waals surface area contributed by atoms with Gasteiger partial charge in [0.25, 0.3) is 0 Å². The first-order valence-electron chi connectivity index (χ1n) is 9.11. The highest BCUT2D eigenvalue weighted by Gasteiger charge is 2.15. The molecule has 0 aliphatic rings. The highest BCUT2D eigenvalue weighted by molar-refractivity contribution is 6.43. The van der Waals surface area contributed by atoms with Gasteiger partial charge in [0.05, 0.1) is 13.2 Å². The lowest BCUT2D eigenvalue weighted by Gasteiger charge is -2.13. The van der Waals surface area contributed by atoms with Crippen molar-refractivity contribution in [2.24, 2.45) is 0 Å². The molecule has 0 bridgehead atoms. The second-order valence-electron chi connectivity index (χ2n) is 6.00. The zero-order chi connectivity index (χ0) is 19.9. The van der Waals surface area contributed by atoms with Crippen molar-refractivity contribution in [1.82, 2.24) is 0 Å². The average molecular weight is 378 g/mol. The SMILES string of the molecule is CCOc1ccc(NC(=O)C(=O)Nc2ccc3ccccc3c2)cc1OCC. The Labute approximate surface area is 163 Å². The molecule has 0 saturated heterocycles. The molecule has 2 N–H and O–H groups in total. The number of hydrogen-bond donors (Lipinski definition) is 2. The van der Waals surface area contributed by atoms with Crippen LogP contribution in [0.15, 0.2) is 60.7 Å². The first-order valence-corrected chi connectivity index (χ1v) is 9.11. The first-order chi connectivity index (χ1) is 13.6. The smallest absolute Gasteiger partial charge is 0.314 e. The van der Waals surface area contributed by atoms with Gasteiger partial charge in [-0.25, -0.2) is 0 Å². The van der Waals surface area contributed by atoms with Crippen LogP contribution in [0.25, 0.3) is 10.8 Å². The Morgan fingerprint density at radius 3 is 1.96 bits per heavy atom. The molecule has 3 aromatic rings. The molecule has 0 aliphatic heterocycles. The Balaban J connectivity index is 1.69. The quantitative estimate of drug-likeness (QED) is 0.630. The van der Waals surface area contributed by atoms with Gasteiger partial charge in [-0.2, -0.15) is 0 Å². The van der Waals surface area contributed by atoms with Gasteiger partial charge in [-0.15, -0.1) is 0 Å². The summed E-state index contributed by atoms with van der Waals surface area (Å²) in [5, 5.41) is 7.24. The van der Waals surface area contributed by atoms with Crippen molar-refractivity contribution >= 4 is 34.0 Å². The van der Waals surface area contributed by atoms with Crippen molar-refractivity contribution in [2.45, 2.75) is 13.8 Å². The van der Waals surface area contributed by atoms with Crippen molar-refractivity contribution < 1.29 is 19.1 Å². The van der Waals surface area contributed by atoms with Gasteiger partial charge in [0.1, 0.15) is 0 Å². The maximum Gasteiger partial charge on any atom is 0.314 e. The summed E-state index contributed by atoms with van der Waals surface area (Å²) >= 11 is 0. The van der Waals surface area contributed by atoms with Crippen LogP contribution < -0.4 is 20.1 Å². The molecule has 0 heterocycles. The van der Waals surface area contributed by atoms with Crippen LogP contribution >= 0.6 is 0 Å². The Kier molecular flexibility index (Phi) is 6.11. The van der Waals surface area contributed by atoms with Crippen LogP contribution in [0.5, 0.6) is 11.5 Å². The summed E-state index contributed by atoms with van der Waals surface area (Å²) in [6, 6.07) is 18.3. The van der Waals surface area contributed by atoms with Crippen molar-refractivity contribution in [3.8, 4) is 11.5 Å². The Morgan fingerprint density at radius 1 is 0.714 bits per heavy atom. The van der Waals surface area contributed by atoms with Crippen LogP contribution in [0.4, 0.5) is 11.4 Å². The van der Waals surface area contributed by atoms with Gasteiger partial charge >= 0.3 is 11.8 Å². The molecule has 0 unspecified atom stereocenters. The van der Waals surface area contributed by atoms with Crippen LogP contribution in [0, 0.1) is 0 Å². The van der Waals surface area contributed by atoms with E-state index < -0.39 is 11.8 Å². The van der Waals surface area contributed by atoms with Crippen molar-refractivity contribution in [1.29, 1.82) is 0 Å². The third-order valence-electron chi connectivity index (χ3n) is 4.01. The standard InChI is InChI=1S/C22H22N2O4/c1-3-27-19-12-11-18(14-20(19)28-4-2)24-22(26)21(25)23-17-10-9-15-7-5-6-8-16(15)13-17/h5-14H,3-4H2,1-2H3,(H,23,25)(H,24,26). The predicted octanol–water partition coefficient (Wildman–Crippen LogP) is 4.21. The number of nitrogens with one attached hydrogen (secondary N) is 2. The summed E-state index contributed by atoms with van der Waals surface area (Å²) in [7, 11) is 0. The molecule has 28 heavy (non-hydrogen) atoms. The maximum atomic E-state index is 12.3. The molecular weight excluding hydrogens is 356 g/mol. The average Bonchev–Trinajstić information content (AvgIpc) is 2.70. The van der Waals surface area contributed by atoms with Crippen LogP contribution in [0.3, 0.4) is 0 Å². The third-order valence-corrected chi connectivity index (χ3v) is 4.01. The summed E-state index contributed by atoms with van der Waals surface area (Å²) in [5.74, 6) is -0.415. The van der Waals surface area contributed by atoms with Gasteiger partial charge in [-0.1, -0.05) is 30.3 Å². The molecule has 6 heteroatoms. The van der Waals surface area contributed by atoms with Gasteiger partial charge in [0.2, 0.25) is 0 Å². The number of rotatable bonds is 6. The number of amides is 2. The Hall–Kier alpha value is -3.54. The normalized spacial score (nSPS) is 10.4. The van der Waals surface area contributed by atoms with E-state index in [1.165, 1.54) is 0 Å². The van der Waals surface area contributed by atoms with Gasteiger partial charge in [-0.3, -0.25) is 9.59 Å². The fraction of sp³-hybridized carbons (Fsp3) is 0.182. The molecule has 2 amide bonds. The molecule has 0 spiro atoms. The van der Waals surface area contributed by atoms with Gasteiger partial charge in [-0.05, 0) is 48.9 Å². The number of carbonyl (C=O) groups excluding carboxylic acids is 2. The number of fused-ring (bicyclic) bond motifs is 1. The minimum Gasteiger partial charge on any atom is -0.490 e. The van der Waals surface area contributed by atoms with Crippen molar-refractivity contribution in [3.63, 3.8) is 0 Å². The lowest BCUT2D eigenvalue weighted by Crippen LogP contribution is -2.29. The first kappa shape index (κ1) is 19.2. The van der Waals surface area contributed by atoms with Crippen molar-refractivity contribution in [3.05, 3.63) is 60.7 Å². The molecule has 0 atom stereocenters. The number of ether oxygens (including phenoxy) is 2. The van der Waals surface area contributed by atoms with E-state index in [1.54, 1.807) is 24.3 Å². The Morgan fingerprint density at radius 2 is 1.29 bits per heavy atom. The third kappa shape index (κ3) is 4.59. The molecule has 0 fully saturated rings. The minimum absolute atomic E-state index is 0.450. The zero-order valence-electron chi connectivity index (χ0n) is 15.8. The van der Waals surface area contributed by atoms with Gasteiger partial charge in [0.15, 0.2) is 11.5 Å². The molecule has 3 aromatic carbocycles. The van der Waals surface area contributed by atoms with Crippen LogP contribution in [0.1, 0.15) is 13.8 Å². The second kappa shape index (κ2) is 8.90. The van der Waals surface area contributed by atoms with Crippen molar-refractivity contribution in [2.75, 3.05) is 23.8 Å². The fourth-order valence-electron chi connectivity index (χ4n) is 2.77. The van der Waals surface area contributed by atoms with E-state index >= 15 is 0 Å². The lowest BCUT2D eigenvalue weighted by molar-refractivity contribution is -0.132. The zero-order valence-corrected chi connectivity index (χ0v) is 15.8. The van der Waals surface area contributed by atoms with Gasteiger partial charge < -0.3 is 20.1 Å². The predicted molar refractivity (Wildman–Crippen MR) is 110 cm³/mol. The van der Waals surface area contributed by atoms with E-state index in [0.29, 0.717) is 36.1 Å². The fourth-order valence-corrected chi connectivity index (χ4v) is 2.77. The van der Waals surface area contributed by atoms with Gasteiger partial charge in [0, 0.05) is 17.4 Å². The minimum atomic E-state index is -0.764. The lowest BCUT2D eigenvalue weighted by atomic mass is 10.1. The van der Waals surface area contributed by atoms with E-state index in [9.17, 15) is 9.59 Å². The topological polar surface area (TPSA) is 76.7 Å². The summed E-state index contributed by atoms with van der Waals surface area (Å²) in [4.78, 5) is 24.5. The van der Waals surface area contributed by atoms with E-state index in [0.717, 1.165) is 10.8 Å². The number of carbonyl (C=O) groups is 2. The molecule has 6 nitrogen and oxygen atoms in total. The molecule has 0 radical (unpaired) electrons. The molecule has 3 rings (SSSR count). The number of hydrogen-bond acceptors (Lipinski definition) is 4. The highest BCUT2D eigenvalue weighted by Crippen LogP contribution is 2.30. The monoisotopic (exact) mass is 378 g/mol. The summed E-state index contributed by atoms with van der Waals surface area (Å²) in [6.45, 7) is 4.69. The second-order valence-corrected chi connectivity index (χ2v) is 6.00. The molecule has 144 valence electrons. The molecule has 0 aromatic heterocycles. The largest absolute Gasteiger partial charge is 0.490 e. The van der Waals surface area contributed by atoms with Crippen LogP contribution in [0.2, 0.25) is 0 Å².